The molecule has 0 aliphatic rings. The van der Waals surface area contributed by atoms with Crippen LogP contribution in [0, 0.1) is 6.92 Å². The van der Waals surface area contributed by atoms with Gasteiger partial charge in [-0.1, -0.05) is 32.0 Å². The van der Waals surface area contributed by atoms with Gasteiger partial charge in [0.2, 0.25) is 5.91 Å². The number of carboxylic acid groups (broad SMARTS) is 1. The first-order valence-electron chi connectivity index (χ1n) is 7.57. The number of hydrogen-bond donors (Lipinski definition) is 2. The van der Waals surface area contributed by atoms with Crippen LogP contribution in [0.3, 0.4) is 0 Å². The highest BCUT2D eigenvalue weighted by atomic mass is 16.4. The summed E-state index contributed by atoms with van der Waals surface area (Å²) in [6.07, 6.45) is 0. The lowest BCUT2D eigenvalue weighted by atomic mass is 9.98. The molecule has 0 spiro atoms. The lowest BCUT2D eigenvalue weighted by Crippen LogP contribution is -2.41. The average molecular weight is 306 g/mol. The number of anilines is 1. The van der Waals surface area contributed by atoms with Crippen LogP contribution in [0.4, 0.5) is 5.69 Å². The Labute approximate surface area is 132 Å². The van der Waals surface area contributed by atoms with E-state index in [2.05, 4.69) is 19.2 Å². The summed E-state index contributed by atoms with van der Waals surface area (Å²) in [4.78, 5) is 24.8. The maximum Gasteiger partial charge on any atom is 0.317 e. The molecule has 2 N–H and O–H groups in total. The van der Waals surface area contributed by atoms with E-state index >= 15 is 0 Å². The highest BCUT2D eigenvalue weighted by molar-refractivity contribution is 5.94. The molecule has 0 bridgehead atoms. The molecule has 5 heteroatoms. The van der Waals surface area contributed by atoms with Crippen LogP contribution in [-0.2, 0) is 9.59 Å². The van der Waals surface area contributed by atoms with Gasteiger partial charge in [0.25, 0.3) is 0 Å². The first kappa shape index (κ1) is 18.2. The molecule has 1 rings (SSSR count). The highest BCUT2D eigenvalue weighted by Gasteiger charge is 2.18. The predicted octanol–water partition coefficient (Wildman–Crippen LogP) is 2.85. The molecule has 0 saturated carbocycles. The molecule has 0 aromatic heterocycles. The van der Waals surface area contributed by atoms with Gasteiger partial charge in [-0.25, -0.2) is 0 Å². The molecular weight excluding hydrogens is 280 g/mol. The highest BCUT2D eigenvalue weighted by Crippen LogP contribution is 2.27. The molecule has 1 aromatic rings. The largest absolute Gasteiger partial charge is 0.480 e. The minimum absolute atomic E-state index is 0.0108. The fourth-order valence-corrected chi connectivity index (χ4v) is 2.30. The van der Waals surface area contributed by atoms with Crippen LogP contribution in [0.15, 0.2) is 18.2 Å². The van der Waals surface area contributed by atoms with Gasteiger partial charge in [0.1, 0.15) is 0 Å². The predicted molar refractivity (Wildman–Crippen MR) is 88.2 cm³/mol. The van der Waals surface area contributed by atoms with Gasteiger partial charge in [-0.05, 0) is 37.8 Å². The van der Waals surface area contributed by atoms with Crippen LogP contribution >= 0.6 is 0 Å². The smallest absolute Gasteiger partial charge is 0.317 e. The van der Waals surface area contributed by atoms with Gasteiger partial charge in [-0.15, -0.1) is 0 Å². The molecule has 5 nitrogen and oxygen atoms in total. The second-order valence-corrected chi connectivity index (χ2v) is 6.13. The number of rotatable bonds is 7. The van der Waals surface area contributed by atoms with E-state index in [9.17, 15) is 9.59 Å². The second kappa shape index (κ2) is 7.94. The number of aryl methyl sites for hydroxylation is 1. The number of aliphatic carboxylic acids is 1. The van der Waals surface area contributed by atoms with Crippen LogP contribution in [-0.4, -0.2) is 41.0 Å². The number of carbonyl (C=O) groups is 2. The topological polar surface area (TPSA) is 69.6 Å². The second-order valence-electron chi connectivity index (χ2n) is 6.13. The van der Waals surface area contributed by atoms with E-state index in [1.165, 1.54) is 0 Å². The number of hydrogen-bond acceptors (Lipinski definition) is 3. The molecule has 0 aliphatic heterocycles. The number of carbonyl (C=O) groups excluding carboxylic acids is 1. The van der Waals surface area contributed by atoms with E-state index < -0.39 is 5.97 Å². The van der Waals surface area contributed by atoms with Gasteiger partial charge >= 0.3 is 5.97 Å². The summed E-state index contributed by atoms with van der Waals surface area (Å²) in [5.41, 5.74) is 2.93. The summed E-state index contributed by atoms with van der Waals surface area (Å²) in [6, 6.07) is 5.93. The standard InChI is InChI=1S/C17H26N2O3/c1-11(2)14-8-6-7-13(5)17(14)18-15(20)9-19(12(3)4)10-16(21)22/h6-8,11-12H,9-10H2,1-5H3,(H,18,20)(H,21,22). The van der Waals surface area contributed by atoms with Gasteiger partial charge in [-0.2, -0.15) is 0 Å². The van der Waals surface area contributed by atoms with Crippen LogP contribution in [0.1, 0.15) is 44.7 Å². The Kier molecular flexibility index (Phi) is 6.56. The van der Waals surface area contributed by atoms with Crippen molar-refractivity contribution in [2.45, 2.75) is 46.6 Å². The fraction of sp³-hybridized carbons (Fsp3) is 0.529. The molecule has 22 heavy (non-hydrogen) atoms. The molecule has 0 atom stereocenters. The van der Waals surface area contributed by atoms with Gasteiger partial charge in [0.15, 0.2) is 0 Å². The van der Waals surface area contributed by atoms with E-state index in [1.54, 1.807) is 4.90 Å². The van der Waals surface area contributed by atoms with E-state index in [0.717, 1.165) is 16.8 Å². The van der Waals surface area contributed by atoms with Crippen LogP contribution in [0.2, 0.25) is 0 Å². The Morgan fingerprint density at radius 1 is 1.18 bits per heavy atom. The third-order valence-corrected chi connectivity index (χ3v) is 3.61. The summed E-state index contributed by atoms with van der Waals surface area (Å²) < 4.78 is 0. The SMILES string of the molecule is Cc1cccc(C(C)C)c1NC(=O)CN(CC(=O)O)C(C)C. The fourth-order valence-electron chi connectivity index (χ4n) is 2.30. The van der Waals surface area contributed by atoms with Gasteiger partial charge < -0.3 is 10.4 Å². The Morgan fingerprint density at radius 2 is 1.82 bits per heavy atom. The van der Waals surface area contributed by atoms with Crippen molar-refractivity contribution in [2.24, 2.45) is 0 Å². The van der Waals surface area contributed by atoms with Gasteiger partial charge in [0, 0.05) is 11.7 Å². The van der Waals surface area contributed by atoms with E-state index in [-0.39, 0.29) is 25.0 Å². The molecule has 0 radical (unpaired) electrons. The number of nitrogens with zero attached hydrogens (tertiary/aromatic N) is 1. The van der Waals surface area contributed by atoms with Crippen LogP contribution < -0.4 is 5.32 Å². The Hall–Kier alpha value is -1.88. The zero-order chi connectivity index (χ0) is 16.9. The zero-order valence-electron chi connectivity index (χ0n) is 14.0. The average Bonchev–Trinajstić information content (AvgIpc) is 2.39. The summed E-state index contributed by atoms with van der Waals surface area (Å²) >= 11 is 0. The molecule has 0 heterocycles. The molecule has 1 aromatic carbocycles. The maximum absolute atomic E-state index is 12.3. The zero-order valence-corrected chi connectivity index (χ0v) is 14.0. The normalized spacial score (nSPS) is 11.3. The van der Waals surface area contributed by atoms with Crippen molar-refractivity contribution >= 4 is 17.6 Å². The van der Waals surface area contributed by atoms with Crippen molar-refractivity contribution in [3.63, 3.8) is 0 Å². The number of nitrogens with one attached hydrogen (secondary N) is 1. The quantitative estimate of drug-likeness (QED) is 0.812. The summed E-state index contributed by atoms with van der Waals surface area (Å²) in [7, 11) is 0. The number of amides is 1. The molecular formula is C17H26N2O3. The van der Waals surface area contributed by atoms with Crippen molar-refractivity contribution in [3.8, 4) is 0 Å². The summed E-state index contributed by atoms with van der Waals surface area (Å²) in [5, 5.41) is 11.9. The van der Waals surface area contributed by atoms with Crippen molar-refractivity contribution < 1.29 is 14.7 Å². The maximum atomic E-state index is 12.3. The van der Waals surface area contributed by atoms with Crippen molar-refractivity contribution in [1.29, 1.82) is 0 Å². The Balaban J connectivity index is 2.86. The summed E-state index contributed by atoms with van der Waals surface area (Å²) in [5.74, 6) is -0.818. The first-order chi connectivity index (χ1) is 10.2. The molecule has 0 fully saturated rings. The van der Waals surface area contributed by atoms with Gasteiger partial charge in [0.05, 0.1) is 13.1 Å². The number of para-hydroxylation sites is 1. The summed E-state index contributed by atoms with van der Waals surface area (Å²) in [6.45, 7) is 9.79. The van der Waals surface area contributed by atoms with E-state index in [1.807, 2.05) is 39.0 Å². The minimum atomic E-state index is -0.930. The molecule has 0 aliphatic carbocycles. The van der Waals surface area contributed by atoms with Crippen molar-refractivity contribution in [2.75, 3.05) is 18.4 Å². The lowest BCUT2D eigenvalue weighted by molar-refractivity contribution is -0.139. The number of carboxylic acids is 1. The number of benzene rings is 1. The molecule has 122 valence electrons. The van der Waals surface area contributed by atoms with E-state index in [4.69, 9.17) is 5.11 Å². The molecule has 0 unspecified atom stereocenters. The minimum Gasteiger partial charge on any atom is -0.480 e. The third-order valence-electron chi connectivity index (χ3n) is 3.61. The van der Waals surface area contributed by atoms with Crippen molar-refractivity contribution in [1.82, 2.24) is 4.90 Å². The third kappa shape index (κ3) is 5.15. The van der Waals surface area contributed by atoms with E-state index in [0.29, 0.717) is 5.92 Å². The van der Waals surface area contributed by atoms with Crippen LogP contribution in [0.25, 0.3) is 0 Å². The van der Waals surface area contributed by atoms with Gasteiger partial charge in [-0.3, -0.25) is 14.5 Å². The first-order valence-corrected chi connectivity index (χ1v) is 7.57. The molecule has 1 amide bonds. The Bertz CT molecular complexity index is 539. The monoisotopic (exact) mass is 306 g/mol. The van der Waals surface area contributed by atoms with Crippen LogP contribution in [0.5, 0.6) is 0 Å². The lowest BCUT2D eigenvalue weighted by Gasteiger charge is -2.24. The molecule has 0 saturated heterocycles. The Morgan fingerprint density at radius 3 is 2.32 bits per heavy atom. The van der Waals surface area contributed by atoms with Crippen molar-refractivity contribution in [3.05, 3.63) is 29.3 Å².